The Hall–Kier alpha value is -0.321. The maximum atomic E-state index is 11.0. The van der Waals surface area contributed by atoms with Crippen molar-refractivity contribution in [2.45, 2.75) is 14.8 Å². The molecule has 0 amide bonds. The van der Waals surface area contributed by atoms with Gasteiger partial charge in [-0.25, -0.2) is 0 Å². The van der Waals surface area contributed by atoms with Crippen molar-refractivity contribution in [1.82, 2.24) is 9.78 Å². The Morgan fingerprint density at radius 1 is 1.33 bits per heavy atom. The van der Waals surface area contributed by atoms with E-state index >= 15 is 0 Å². The van der Waals surface area contributed by atoms with Crippen molar-refractivity contribution in [3.05, 3.63) is 22.5 Å². The normalized spacial score (nSPS) is 11.7. The van der Waals surface area contributed by atoms with Crippen LogP contribution in [-0.4, -0.2) is 28.2 Å². The van der Waals surface area contributed by atoms with Crippen LogP contribution in [0.25, 0.3) is 0 Å². The average molecular weight is 273 g/mol. The van der Waals surface area contributed by atoms with Crippen molar-refractivity contribution in [3.8, 4) is 0 Å². The van der Waals surface area contributed by atoms with Gasteiger partial charge in [0.2, 0.25) is 0 Å². The molecule has 0 aromatic carbocycles. The van der Waals surface area contributed by atoms with Gasteiger partial charge in [-0.3, -0.25) is 0 Å². The monoisotopic (exact) mass is 274 g/mol. The van der Waals surface area contributed by atoms with Gasteiger partial charge in [0.25, 0.3) is 0 Å². The molecule has 4 heteroatoms. The van der Waals surface area contributed by atoms with Crippen LogP contribution in [0.2, 0.25) is 14.8 Å². The molecule has 1 heterocycles. The Morgan fingerprint density at radius 3 is 2.33 bits per heavy atom. The number of aryl methyl sites for hydroxylation is 1. The van der Waals surface area contributed by atoms with E-state index in [1.165, 1.54) is 4.68 Å². The Morgan fingerprint density at radius 2 is 1.92 bits per heavy atom. The van der Waals surface area contributed by atoms with E-state index in [2.05, 4.69) is 19.9 Å². The van der Waals surface area contributed by atoms with Gasteiger partial charge in [0, 0.05) is 0 Å². The summed E-state index contributed by atoms with van der Waals surface area (Å²) in [6.45, 7) is 0. The summed E-state index contributed by atoms with van der Waals surface area (Å²) in [5.74, 6) is 0. The van der Waals surface area contributed by atoms with Crippen LogP contribution in [0.15, 0.2) is 16.9 Å². The third-order valence-corrected chi connectivity index (χ3v) is 6.88. The molecular weight excluding hydrogens is 259 g/mol. The fraction of sp³-hybridized carbons (Fsp3) is 0.500. The second-order valence-corrected chi connectivity index (χ2v) is 18.2. The molecule has 66 valence electrons. The summed E-state index contributed by atoms with van der Waals surface area (Å²) in [4.78, 5) is 17.9. The molecule has 0 spiro atoms. The first-order valence-corrected chi connectivity index (χ1v) is 13.9. The third-order valence-electron chi connectivity index (χ3n) is 1.73. The summed E-state index contributed by atoms with van der Waals surface area (Å²) >= 11 is -2.06. The quantitative estimate of drug-likeness (QED) is 0.691. The number of rotatable bonds is 1. The second-order valence-electron chi connectivity index (χ2n) is 3.93. The van der Waals surface area contributed by atoms with Gasteiger partial charge in [-0.05, 0) is 0 Å². The van der Waals surface area contributed by atoms with Crippen molar-refractivity contribution in [1.29, 1.82) is 0 Å². The van der Waals surface area contributed by atoms with Crippen LogP contribution >= 0.6 is 0 Å². The van der Waals surface area contributed by atoms with Gasteiger partial charge < -0.3 is 0 Å². The van der Waals surface area contributed by atoms with Crippen LogP contribution in [-0.2, 0) is 7.05 Å². The van der Waals surface area contributed by atoms with Crippen LogP contribution in [0.5, 0.6) is 0 Å². The molecule has 0 aliphatic carbocycles. The maximum absolute atomic E-state index is 11.0. The van der Waals surface area contributed by atoms with Gasteiger partial charge in [-0.2, -0.15) is 0 Å². The van der Waals surface area contributed by atoms with E-state index < -0.39 is 18.4 Å². The van der Waals surface area contributed by atoms with Gasteiger partial charge in [-0.15, -0.1) is 0 Å². The van der Waals surface area contributed by atoms with Crippen LogP contribution in [0.3, 0.4) is 0 Å². The SMILES string of the molecule is Cn1n[c]([Sn]([CH3])([CH3])[CH3])ccc1=O. The minimum absolute atomic E-state index is 0.0331. The zero-order valence-corrected chi connectivity index (χ0v) is 10.8. The fourth-order valence-electron chi connectivity index (χ4n) is 0.902. The summed E-state index contributed by atoms with van der Waals surface area (Å²) in [6.07, 6.45) is 0. The number of hydrogen-bond acceptors (Lipinski definition) is 2. The van der Waals surface area contributed by atoms with Crippen molar-refractivity contribution in [2.75, 3.05) is 0 Å². The predicted octanol–water partition coefficient (Wildman–Crippen LogP) is 0.325. The standard InChI is InChI=1S/C5H5N2O.3CH3.Sn/c1-7-5(8)3-2-4-6-7;;;;/h2-3H,1H3;3*1H3;. The number of nitrogens with zero attached hydrogens (tertiary/aromatic N) is 2. The van der Waals surface area contributed by atoms with E-state index in [1.54, 1.807) is 13.1 Å². The third kappa shape index (κ3) is 2.09. The predicted molar refractivity (Wildman–Crippen MR) is 52.5 cm³/mol. The van der Waals surface area contributed by atoms with E-state index in [0.717, 1.165) is 3.71 Å². The molecule has 0 atom stereocenters. The summed E-state index contributed by atoms with van der Waals surface area (Å²) in [5.41, 5.74) is -0.0331. The molecule has 12 heavy (non-hydrogen) atoms. The molecule has 0 fully saturated rings. The second kappa shape index (κ2) is 3.20. The van der Waals surface area contributed by atoms with Crippen LogP contribution in [0, 0.1) is 0 Å². The fourth-order valence-corrected chi connectivity index (χ4v) is 3.85. The molecule has 0 N–H and O–H groups in total. The number of aromatic nitrogens is 2. The molecule has 0 saturated carbocycles. The van der Waals surface area contributed by atoms with E-state index in [4.69, 9.17) is 0 Å². The minimum atomic E-state index is -2.06. The zero-order chi connectivity index (χ0) is 9.35. The van der Waals surface area contributed by atoms with Crippen molar-refractivity contribution in [3.63, 3.8) is 0 Å². The number of hydrogen-bond donors (Lipinski definition) is 0. The summed E-state index contributed by atoms with van der Waals surface area (Å²) in [7, 11) is 1.70. The molecule has 0 aliphatic heterocycles. The summed E-state index contributed by atoms with van der Waals surface area (Å²) in [5, 5.41) is 4.24. The van der Waals surface area contributed by atoms with Gasteiger partial charge in [0.1, 0.15) is 0 Å². The zero-order valence-electron chi connectivity index (χ0n) is 7.96. The topological polar surface area (TPSA) is 34.9 Å². The Labute approximate surface area is 76.3 Å². The van der Waals surface area contributed by atoms with Crippen LogP contribution < -0.4 is 9.27 Å². The van der Waals surface area contributed by atoms with Crippen molar-refractivity contribution < 1.29 is 0 Å². The van der Waals surface area contributed by atoms with E-state index in [1.807, 2.05) is 6.07 Å². The van der Waals surface area contributed by atoms with Crippen molar-refractivity contribution >= 4 is 22.1 Å². The molecule has 0 unspecified atom stereocenters. The first-order valence-electron chi connectivity index (χ1n) is 3.96. The van der Waals surface area contributed by atoms with Crippen LogP contribution in [0.1, 0.15) is 0 Å². The molecule has 1 rings (SSSR count). The molecule has 1 aromatic rings. The van der Waals surface area contributed by atoms with E-state index in [0.29, 0.717) is 0 Å². The molecular formula is C8H14N2OSn. The summed E-state index contributed by atoms with van der Waals surface area (Å²) in [6, 6.07) is 3.48. The first kappa shape index (κ1) is 9.76. The molecule has 0 saturated heterocycles. The van der Waals surface area contributed by atoms with E-state index in [-0.39, 0.29) is 5.56 Å². The Kier molecular flexibility index (Phi) is 2.60. The molecule has 0 aliphatic rings. The molecule has 3 nitrogen and oxygen atoms in total. The van der Waals surface area contributed by atoms with Gasteiger partial charge in [-0.1, -0.05) is 0 Å². The van der Waals surface area contributed by atoms with Crippen molar-refractivity contribution in [2.24, 2.45) is 7.05 Å². The van der Waals surface area contributed by atoms with Gasteiger partial charge in [0.15, 0.2) is 0 Å². The first-order chi connectivity index (χ1) is 5.41. The molecule has 0 bridgehead atoms. The molecule has 1 aromatic heterocycles. The van der Waals surface area contributed by atoms with Gasteiger partial charge in [0.05, 0.1) is 0 Å². The van der Waals surface area contributed by atoms with Crippen LogP contribution in [0.4, 0.5) is 0 Å². The average Bonchev–Trinajstić information content (AvgIpc) is 1.92. The Bertz CT molecular complexity index is 338. The van der Waals surface area contributed by atoms with Gasteiger partial charge >= 0.3 is 76.2 Å². The summed E-state index contributed by atoms with van der Waals surface area (Å²) < 4.78 is 2.56. The molecule has 0 radical (unpaired) electrons. The van der Waals surface area contributed by atoms with E-state index in [9.17, 15) is 4.79 Å². The Balaban J connectivity index is 3.23.